The molecule has 0 saturated heterocycles. The van der Waals surface area contributed by atoms with E-state index < -0.39 is 12.0 Å². The number of carbonyl (C=O) groups excluding carboxylic acids is 2. The molecule has 0 radical (unpaired) electrons. The Morgan fingerprint density at radius 1 is 1.29 bits per heavy atom. The lowest BCUT2D eigenvalue weighted by atomic mass is 10.0. The second-order valence-electron chi connectivity index (χ2n) is 7.03. The predicted molar refractivity (Wildman–Crippen MR) is 106 cm³/mol. The minimum atomic E-state index is -0.800. The van der Waals surface area contributed by atoms with Gasteiger partial charge in [-0.15, -0.1) is 0 Å². The number of nitrogens with zero attached hydrogens (tertiary/aromatic N) is 2. The fourth-order valence-electron chi connectivity index (χ4n) is 3.05. The fourth-order valence-corrected chi connectivity index (χ4v) is 3.05. The highest BCUT2D eigenvalue weighted by molar-refractivity contribution is 5.96. The normalized spacial score (nSPS) is 14.4. The summed E-state index contributed by atoms with van der Waals surface area (Å²) in [6.07, 6.45) is 2.08. The molecule has 5 N–H and O–H groups in total. The van der Waals surface area contributed by atoms with E-state index in [-0.39, 0.29) is 18.2 Å². The van der Waals surface area contributed by atoms with Crippen LogP contribution in [-0.4, -0.2) is 28.6 Å². The first-order chi connectivity index (χ1) is 13.4. The molecule has 1 aliphatic rings. The molecule has 0 aliphatic heterocycles. The Morgan fingerprint density at radius 2 is 2.04 bits per heavy atom. The number of aryl methyl sites for hydroxylation is 1. The number of primary amides is 2. The molecule has 8 heteroatoms. The first-order valence-electron chi connectivity index (χ1n) is 9.38. The Kier molecular flexibility index (Phi) is 5.77. The molecule has 1 aromatic carbocycles. The van der Waals surface area contributed by atoms with E-state index in [0.29, 0.717) is 18.2 Å². The molecule has 1 fully saturated rings. The molecule has 1 atom stereocenters. The molecule has 148 valence electrons. The number of ether oxygens (including phenoxy) is 1. The van der Waals surface area contributed by atoms with E-state index in [0.717, 1.165) is 35.5 Å². The van der Waals surface area contributed by atoms with Crippen LogP contribution in [-0.2, 0) is 11.2 Å². The third-order valence-electron chi connectivity index (χ3n) is 4.73. The number of hydrogen-bond donors (Lipinski definition) is 3. The van der Waals surface area contributed by atoms with Crippen LogP contribution >= 0.6 is 0 Å². The molecule has 1 aliphatic carbocycles. The molecule has 1 heterocycles. The van der Waals surface area contributed by atoms with E-state index in [2.05, 4.69) is 10.3 Å². The van der Waals surface area contributed by atoms with Gasteiger partial charge in [0.1, 0.15) is 0 Å². The Labute approximate surface area is 163 Å². The quantitative estimate of drug-likeness (QED) is 0.642. The predicted octanol–water partition coefficient (Wildman–Crippen LogP) is 2.96. The zero-order chi connectivity index (χ0) is 20.3. The summed E-state index contributed by atoms with van der Waals surface area (Å²) in [6.45, 7) is 4.10. The maximum Gasteiger partial charge on any atom is 0.404 e. The molecule has 2 amide bonds. The Balaban J connectivity index is 1.88. The smallest absolute Gasteiger partial charge is 0.404 e. The van der Waals surface area contributed by atoms with Gasteiger partial charge >= 0.3 is 6.09 Å². The molecule has 28 heavy (non-hydrogen) atoms. The van der Waals surface area contributed by atoms with Crippen molar-refractivity contribution < 1.29 is 14.3 Å². The van der Waals surface area contributed by atoms with Crippen molar-refractivity contribution in [2.24, 2.45) is 11.5 Å². The van der Waals surface area contributed by atoms with Crippen molar-refractivity contribution in [2.75, 3.05) is 11.9 Å². The van der Waals surface area contributed by atoms with Crippen LogP contribution in [0.4, 0.5) is 16.3 Å². The number of benzene rings is 1. The Morgan fingerprint density at radius 3 is 2.64 bits per heavy atom. The molecule has 3 rings (SSSR count). The standard InChI is InChI=1S/C20H25N5O3/c1-3-15-16(12-7-8-12)25-19(17(24-15)18(21)26)23-14-6-4-5-13(9-14)11(2)10-28-20(22)27/h4-6,9,11-12H,3,7-8,10H2,1-2H3,(H2,21,26)(H2,22,27)(H,23,25). The summed E-state index contributed by atoms with van der Waals surface area (Å²) in [5, 5.41) is 3.18. The maximum atomic E-state index is 11.9. The van der Waals surface area contributed by atoms with E-state index in [1.807, 2.05) is 38.1 Å². The molecule has 0 bridgehead atoms. The molecule has 2 aromatic rings. The van der Waals surface area contributed by atoms with Crippen molar-refractivity contribution >= 4 is 23.5 Å². The number of carbonyl (C=O) groups is 2. The monoisotopic (exact) mass is 383 g/mol. The summed E-state index contributed by atoms with van der Waals surface area (Å²) in [5.74, 6) is 0.110. The van der Waals surface area contributed by atoms with Crippen LogP contribution in [0.1, 0.15) is 66.0 Å². The maximum absolute atomic E-state index is 11.9. The number of nitrogens with one attached hydrogen (secondary N) is 1. The van der Waals surface area contributed by atoms with Gasteiger partial charge in [0, 0.05) is 17.5 Å². The second kappa shape index (κ2) is 8.24. The van der Waals surface area contributed by atoms with Gasteiger partial charge in [0.15, 0.2) is 11.5 Å². The van der Waals surface area contributed by atoms with E-state index in [1.165, 1.54) is 0 Å². The van der Waals surface area contributed by atoms with Crippen LogP contribution in [0.3, 0.4) is 0 Å². The van der Waals surface area contributed by atoms with Crippen LogP contribution in [0.2, 0.25) is 0 Å². The average Bonchev–Trinajstić information content (AvgIpc) is 3.51. The van der Waals surface area contributed by atoms with Crippen LogP contribution in [0.15, 0.2) is 24.3 Å². The fraction of sp³-hybridized carbons (Fsp3) is 0.400. The van der Waals surface area contributed by atoms with Crippen molar-refractivity contribution in [3.8, 4) is 0 Å². The van der Waals surface area contributed by atoms with Crippen molar-refractivity contribution in [3.63, 3.8) is 0 Å². The van der Waals surface area contributed by atoms with Gasteiger partial charge in [-0.2, -0.15) is 0 Å². The largest absolute Gasteiger partial charge is 0.449 e. The summed E-state index contributed by atoms with van der Waals surface area (Å²) in [5.41, 5.74) is 14.2. The van der Waals surface area contributed by atoms with Gasteiger partial charge in [0.25, 0.3) is 5.91 Å². The lowest BCUT2D eigenvalue weighted by molar-refractivity contribution is 0.0995. The van der Waals surface area contributed by atoms with Crippen molar-refractivity contribution in [3.05, 3.63) is 46.9 Å². The third-order valence-corrected chi connectivity index (χ3v) is 4.73. The van der Waals surface area contributed by atoms with Crippen LogP contribution in [0.5, 0.6) is 0 Å². The summed E-state index contributed by atoms with van der Waals surface area (Å²) < 4.78 is 4.88. The number of nitrogens with two attached hydrogens (primary N) is 2. The number of rotatable bonds is 8. The molecular formula is C20H25N5O3. The van der Waals surface area contributed by atoms with E-state index in [4.69, 9.17) is 21.2 Å². The van der Waals surface area contributed by atoms with Crippen LogP contribution in [0, 0.1) is 0 Å². The highest BCUT2D eigenvalue weighted by Crippen LogP contribution is 2.41. The zero-order valence-corrected chi connectivity index (χ0v) is 16.1. The van der Waals surface area contributed by atoms with Crippen LogP contribution < -0.4 is 16.8 Å². The van der Waals surface area contributed by atoms with Gasteiger partial charge < -0.3 is 21.5 Å². The van der Waals surface area contributed by atoms with Gasteiger partial charge in [-0.05, 0) is 37.0 Å². The molecule has 8 nitrogen and oxygen atoms in total. The SMILES string of the molecule is CCc1nc(C(N)=O)c(Nc2cccc(C(C)COC(N)=O)c2)nc1C1CC1. The molecule has 1 unspecified atom stereocenters. The number of anilines is 2. The topological polar surface area (TPSA) is 133 Å². The minimum absolute atomic E-state index is 0.0413. The number of aromatic nitrogens is 2. The molecular weight excluding hydrogens is 358 g/mol. The van der Waals surface area contributed by atoms with Gasteiger partial charge in [-0.25, -0.2) is 14.8 Å². The van der Waals surface area contributed by atoms with E-state index >= 15 is 0 Å². The van der Waals surface area contributed by atoms with Crippen molar-refractivity contribution in [1.82, 2.24) is 9.97 Å². The van der Waals surface area contributed by atoms with Gasteiger partial charge in [-0.3, -0.25) is 4.79 Å². The molecule has 1 aromatic heterocycles. The van der Waals surface area contributed by atoms with Crippen molar-refractivity contribution in [1.29, 1.82) is 0 Å². The average molecular weight is 383 g/mol. The van der Waals surface area contributed by atoms with E-state index in [9.17, 15) is 9.59 Å². The van der Waals surface area contributed by atoms with Gasteiger partial charge in [0.2, 0.25) is 0 Å². The molecule has 0 spiro atoms. The first kappa shape index (κ1) is 19.6. The summed E-state index contributed by atoms with van der Waals surface area (Å²) in [4.78, 5) is 31.9. The number of hydrogen-bond acceptors (Lipinski definition) is 6. The third kappa shape index (κ3) is 4.57. The Bertz CT molecular complexity index is 895. The lowest BCUT2D eigenvalue weighted by Crippen LogP contribution is -2.19. The molecule has 1 saturated carbocycles. The Hall–Kier alpha value is -3.16. The minimum Gasteiger partial charge on any atom is -0.449 e. The summed E-state index contributed by atoms with van der Waals surface area (Å²) in [7, 11) is 0. The number of amides is 2. The first-order valence-corrected chi connectivity index (χ1v) is 9.38. The van der Waals surface area contributed by atoms with Gasteiger partial charge in [-0.1, -0.05) is 26.0 Å². The zero-order valence-electron chi connectivity index (χ0n) is 16.1. The van der Waals surface area contributed by atoms with Crippen molar-refractivity contribution in [2.45, 2.75) is 44.9 Å². The highest BCUT2D eigenvalue weighted by atomic mass is 16.5. The lowest BCUT2D eigenvalue weighted by Gasteiger charge is -2.16. The summed E-state index contributed by atoms with van der Waals surface area (Å²) >= 11 is 0. The van der Waals surface area contributed by atoms with Gasteiger partial charge in [0.05, 0.1) is 18.0 Å². The summed E-state index contributed by atoms with van der Waals surface area (Å²) in [6, 6.07) is 7.57. The second-order valence-corrected chi connectivity index (χ2v) is 7.03. The highest BCUT2D eigenvalue weighted by Gasteiger charge is 2.30. The van der Waals surface area contributed by atoms with Crippen LogP contribution in [0.25, 0.3) is 0 Å². The van der Waals surface area contributed by atoms with E-state index in [1.54, 1.807) is 0 Å².